The number of ether oxygens (including phenoxy) is 1. The highest BCUT2D eigenvalue weighted by atomic mass is 32.2. The van der Waals surface area contributed by atoms with E-state index in [0.29, 0.717) is 6.04 Å². The fourth-order valence-corrected chi connectivity index (χ4v) is 5.80. The topological polar surface area (TPSA) is 125 Å². The molecule has 0 aromatic heterocycles. The zero-order valence-electron chi connectivity index (χ0n) is 15.9. The summed E-state index contributed by atoms with van der Waals surface area (Å²) in [5, 5.41) is 22.8. The number of carboxylic acid groups (broad SMARTS) is 1. The summed E-state index contributed by atoms with van der Waals surface area (Å²) in [5.41, 5.74) is 5.84. The van der Waals surface area contributed by atoms with Crippen LogP contribution in [0.5, 0.6) is 0 Å². The molecule has 0 aromatic carbocycles. The molecule has 7 atom stereocenters. The number of fused-ring (bicyclic) bond motifs is 1. The first kappa shape index (κ1) is 20.4. The molecule has 9 heteroatoms. The second-order valence-corrected chi connectivity index (χ2v) is 9.27. The van der Waals surface area contributed by atoms with Crippen molar-refractivity contribution in [1.29, 1.82) is 0 Å². The fraction of sp³-hybridized carbons (Fsp3) is 0.778. The molecule has 0 spiro atoms. The van der Waals surface area contributed by atoms with Crippen LogP contribution < -0.4 is 11.1 Å². The zero-order chi connectivity index (χ0) is 19.9. The predicted octanol–water partition coefficient (Wildman–Crippen LogP) is 1.30. The SMILES string of the molecule is CC(N)CC[C@@H]1C[C@H](SC2=C(OC(=O)O)N3C(=O)[C@H]([C@@H](C)O)[C@@H]3[C@H]2C)CN1. The number of nitrogens with zero attached hydrogens (tertiary/aromatic N) is 1. The van der Waals surface area contributed by atoms with Gasteiger partial charge >= 0.3 is 6.16 Å². The van der Waals surface area contributed by atoms with Crippen LogP contribution in [-0.4, -0.2) is 63.2 Å². The number of rotatable bonds is 7. The molecule has 1 unspecified atom stereocenters. The van der Waals surface area contributed by atoms with Crippen molar-refractivity contribution >= 4 is 23.8 Å². The average Bonchev–Trinajstić information content (AvgIpc) is 3.08. The van der Waals surface area contributed by atoms with Crippen LogP contribution in [0.3, 0.4) is 0 Å². The van der Waals surface area contributed by atoms with E-state index in [1.807, 2.05) is 13.8 Å². The summed E-state index contributed by atoms with van der Waals surface area (Å²) in [6, 6.07) is 0.342. The Hall–Kier alpha value is -1.29. The van der Waals surface area contributed by atoms with Gasteiger partial charge in [-0.05, 0) is 33.1 Å². The highest BCUT2D eigenvalue weighted by Gasteiger charge is 2.60. The van der Waals surface area contributed by atoms with E-state index in [4.69, 9.17) is 15.6 Å². The first-order chi connectivity index (χ1) is 12.7. The van der Waals surface area contributed by atoms with Crippen LogP contribution in [0.1, 0.15) is 40.0 Å². The van der Waals surface area contributed by atoms with Gasteiger partial charge in [-0.15, -0.1) is 11.8 Å². The van der Waals surface area contributed by atoms with Crippen LogP contribution >= 0.6 is 11.8 Å². The molecule has 0 saturated carbocycles. The lowest BCUT2D eigenvalue weighted by Crippen LogP contribution is -2.63. The molecular weight excluding hydrogens is 370 g/mol. The molecule has 1 amide bonds. The molecule has 152 valence electrons. The molecule has 0 aromatic rings. The minimum atomic E-state index is -1.43. The number of β-lactam (4-membered cyclic amide) rings is 1. The van der Waals surface area contributed by atoms with Gasteiger partial charge in [-0.1, -0.05) is 6.92 Å². The first-order valence-corrected chi connectivity index (χ1v) is 10.4. The maximum Gasteiger partial charge on any atom is 0.512 e. The van der Waals surface area contributed by atoms with Crippen molar-refractivity contribution in [2.75, 3.05) is 6.54 Å². The third kappa shape index (κ3) is 3.96. The van der Waals surface area contributed by atoms with E-state index in [1.165, 1.54) is 4.90 Å². The van der Waals surface area contributed by atoms with Gasteiger partial charge in [0.2, 0.25) is 11.8 Å². The molecule has 2 fully saturated rings. The van der Waals surface area contributed by atoms with Crippen molar-refractivity contribution in [3.05, 3.63) is 10.8 Å². The number of thioether (sulfide) groups is 1. The highest BCUT2D eigenvalue weighted by molar-refractivity contribution is 8.03. The molecule has 0 aliphatic carbocycles. The number of carbonyl (C=O) groups is 2. The lowest BCUT2D eigenvalue weighted by molar-refractivity contribution is -0.163. The van der Waals surface area contributed by atoms with Gasteiger partial charge in [0.1, 0.15) is 0 Å². The third-order valence-corrected chi connectivity index (χ3v) is 7.19. The lowest BCUT2D eigenvalue weighted by atomic mass is 9.79. The van der Waals surface area contributed by atoms with Gasteiger partial charge in [-0.2, -0.15) is 0 Å². The minimum Gasteiger partial charge on any atom is -0.449 e. The van der Waals surface area contributed by atoms with E-state index in [-0.39, 0.29) is 35.0 Å². The molecule has 3 heterocycles. The molecule has 5 N–H and O–H groups in total. The Morgan fingerprint density at radius 1 is 1.48 bits per heavy atom. The van der Waals surface area contributed by atoms with Crippen molar-refractivity contribution in [2.24, 2.45) is 17.6 Å². The first-order valence-electron chi connectivity index (χ1n) is 9.52. The maximum absolute atomic E-state index is 12.4. The van der Waals surface area contributed by atoms with Crippen LogP contribution in [0.25, 0.3) is 0 Å². The number of nitrogens with one attached hydrogen (secondary N) is 1. The summed E-state index contributed by atoms with van der Waals surface area (Å²) < 4.78 is 5.00. The van der Waals surface area contributed by atoms with E-state index >= 15 is 0 Å². The second kappa shape index (κ2) is 7.98. The molecule has 3 rings (SSSR count). The van der Waals surface area contributed by atoms with Crippen LogP contribution in [-0.2, 0) is 9.53 Å². The number of amides is 1. The Labute approximate surface area is 163 Å². The van der Waals surface area contributed by atoms with Crippen LogP contribution in [0.2, 0.25) is 0 Å². The predicted molar refractivity (Wildman–Crippen MR) is 102 cm³/mol. The highest BCUT2D eigenvalue weighted by Crippen LogP contribution is 2.52. The molecule has 27 heavy (non-hydrogen) atoms. The quantitative estimate of drug-likeness (QED) is 0.373. The molecule has 3 aliphatic rings. The normalized spacial score (nSPS) is 35.1. The smallest absolute Gasteiger partial charge is 0.449 e. The summed E-state index contributed by atoms with van der Waals surface area (Å²) in [5.74, 6) is -0.713. The maximum atomic E-state index is 12.4. The number of hydrogen-bond acceptors (Lipinski definition) is 7. The lowest BCUT2D eigenvalue weighted by Gasteiger charge is -2.45. The van der Waals surface area contributed by atoms with Crippen molar-refractivity contribution in [1.82, 2.24) is 10.2 Å². The largest absolute Gasteiger partial charge is 0.512 e. The van der Waals surface area contributed by atoms with Crippen molar-refractivity contribution < 1.29 is 24.5 Å². The van der Waals surface area contributed by atoms with E-state index in [2.05, 4.69) is 5.32 Å². The van der Waals surface area contributed by atoms with Crippen molar-refractivity contribution in [3.63, 3.8) is 0 Å². The van der Waals surface area contributed by atoms with Gasteiger partial charge in [0.25, 0.3) is 0 Å². The van der Waals surface area contributed by atoms with E-state index in [0.717, 1.165) is 30.7 Å². The van der Waals surface area contributed by atoms with Gasteiger partial charge in [0, 0.05) is 29.8 Å². The number of hydrogen-bond donors (Lipinski definition) is 4. The Morgan fingerprint density at radius 2 is 2.19 bits per heavy atom. The molecule has 8 nitrogen and oxygen atoms in total. The molecule has 3 aliphatic heterocycles. The summed E-state index contributed by atoms with van der Waals surface area (Å²) in [4.78, 5) is 25.8. The van der Waals surface area contributed by atoms with Crippen LogP contribution in [0.15, 0.2) is 10.8 Å². The van der Waals surface area contributed by atoms with Gasteiger partial charge in [-0.25, -0.2) is 4.79 Å². The zero-order valence-corrected chi connectivity index (χ0v) is 16.7. The molecule has 0 radical (unpaired) electrons. The van der Waals surface area contributed by atoms with Gasteiger partial charge in [0.15, 0.2) is 0 Å². The summed E-state index contributed by atoms with van der Waals surface area (Å²) in [6.45, 7) is 6.39. The number of aliphatic hydroxyl groups is 1. The van der Waals surface area contributed by atoms with Gasteiger partial charge in [-0.3, -0.25) is 9.69 Å². The second-order valence-electron chi connectivity index (χ2n) is 7.93. The van der Waals surface area contributed by atoms with Crippen LogP contribution in [0.4, 0.5) is 4.79 Å². The number of carbonyl (C=O) groups excluding carboxylic acids is 1. The Morgan fingerprint density at radius 3 is 2.78 bits per heavy atom. The van der Waals surface area contributed by atoms with Gasteiger partial charge in [0.05, 0.1) is 23.0 Å². The Bertz CT molecular complexity index is 638. The monoisotopic (exact) mass is 399 g/mol. The van der Waals surface area contributed by atoms with E-state index in [9.17, 15) is 14.7 Å². The van der Waals surface area contributed by atoms with E-state index < -0.39 is 18.2 Å². The summed E-state index contributed by atoms with van der Waals surface area (Å²) in [7, 11) is 0. The number of nitrogens with two attached hydrogens (primary N) is 1. The molecule has 0 bridgehead atoms. The number of aliphatic hydroxyl groups excluding tert-OH is 1. The van der Waals surface area contributed by atoms with Crippen LogP contribution in [0, 0.1) is 11.8 Å². The summed E-state index contributed by atoms with van der Waals surface area (Å²) in [6.07, 6.45) is 0.740. The molecule has 2 saturated heterocycles. The average molecular weight is 400 g/mol. The standard InChI is InChI=1S/C18H29N3O5S/c1-8(19)4-5-11-6-12(7-20-11)27-15-9(2)14-13(10(3)22)16(23)21(14)17(15)26-18(24)25/h8-14,20,22H,4-7,19H2,1-3H3,(H,24,25)/t8?,9-,10-,11-,12+,13-,14+/m1/s1. The summed E-state index contributed by atoms with van der Waals surface area (Å²) >= 11 is 1.60. The van der Waals surface area contributed by atoms with Crippen molar-refractivity contribution in [3.8, 4) is 0 Å². The Kier molecular flexibility index (Phi) is 6.05. The fourth-order valence-electron chi connectivity index (χ4n) is 4.34. The minimum absolute atomic E-state index is 0.0650. The molecular formula is C18H29N3O5S. The Balaban J connectivity index is 1.72. The van der Waals surface area contributed by atoms with E-state index in [1.54, 1.807) is 18.7 Å². The van der Waals surface area contributed by atoms with Crippen molar-refractivity contribution in [2.45, 2.75) is 69.5 Å². The van der Waals surface area contributed by atoms with Gasteiger partial charge < -0.3 is 26.0 Å². The third-order valence-electron chi connectivity index (χ3n) is 5.69.